The second-order valence-corrected chi connectivity index (χ2v) is 9.58. The van der Waals surface area contributed by atoms with Crippen molar-refractivity contribution >= 4 is 21.5 Å². The Morgan fingerprint density at radius 3 is 2.21 bits per heavy atom. The Kier molecular flexibility index (Phi) is 5.70. The molecule has 148 valence electrons. The lowest BCUT2D eigenvalue weighted by molar-refractivity contribution is -0.130. The second-order valence-electron chi connectivity index (χ2n) is 7.51. The van der Waals surface area contributed by atoms with E-state index in [0.717, 1.165) is 5.56 Å². The molecule has 3 rings (SSSR count). The second kappa shape index (κ2) is 7.87. The largest absolute Gasteiger partial charge is 0.335 e. The first-order chi connectivity index (χ1) is 13.2. The maximum Gasteiger partial charge on any atom is 0.223 e. The number of hydrogen-bond donors (Lipinski definition) is 0. The number of rotatable bonds is 6. The van der Waals surface area contributed by atoms with E-state index in [1.807, 2.05) is 20.8 Å². The van der Waals surface area contributed by atoms with Crippen LogP contribution in [0.25, 0.3) is 0 Å². The number of hydrogen-bond acceptors (Lipinski definition) is 4. The van der Waals surface area contributed by atoms with Crippen molar-refractivity contribution in [2.24, 2.45) is 0 Å². The molecular weight excluding hydrogens is 374 g/mol. The molecule has 0 aromatic heterocycles. The molecule has 6 heteroatoms. The highest BCUT2D eigenvalue weighted by Crippen LogP contribution is 2.32. The molecule has 0 radical (unpaired) electrons. The molecule has 5 nitrogen and oxygen atoms in total. The van der Waals surface area contributed by atoms with Gasteiger partial charge in [0.25, 0.3) is 0 Å². The van der Waals surface area contributed by atoms with E-state index in [2.05, 4.69) is 0 Å². The molecule has 0 bridgehead atoms. The van der Waals surface area contributed by atoms with Crippen LogP contribution in [0.15, 0.2) is 59.5 Å². The van der Waals surface area contributed by atoms with Gasteiger partial charge in [-0.15, -0.1) is 0 Å². The Labute approximate surface area is 166 Å². The Balaban J connectivity index is 2.13. The summed E-state index contributed by atoms with van der Waals surface area (Å²) in [6, 6.07) is 14.1. The highest BCUT2D eigenvalue weighted by molar-refractivity contribution is 7.93. The summed E-state index contributed by atoms with van der Waals surface area (Å²) in [6.45, 7) is 5.57. The van der Waals surface area contributed by atoms with E-state index in [4.69, 9.17) is 0 Å². The van der Waals surface area contributed by atoms with E-state index in [1.165, 1.54) is 12.1 Å². The Bertz CT molecular complexity index is 965. The van der Waals surface area contributed by atoms with Crippen molar-refractivity contribution < 1.29 is 18.0 Å². The fourth-order valence-corrected chi connectivity index (χ4v) is 5.76. The number of carbonyl (C=O) groups excluding carboxylic acids is 2. The van der Waals surface area contributed by atoms with Gasteiger partial charge in [0, 0.05) is 18.0 Å². The minimum absolute atomic E-state index is 0.107. The summed E-state index contributed by atoms with van der Waals surface area (Å²) in [6.07, 6.45) is 0.607. The fourth-order valence-electron chi connectivity index (χ4n) is 3.86. The Morgan fingerprint density at radius 1 is 1.04 bits per heavy atom. The highest BCUT2D eigenvalue weighted by atomic mass is 32.2. The molecule has 1 fully saturated rings. The Hall–Kier alpha value is -2.47. The summed E-state index contributed by atoms with van der Waals surface area (Å²) < 4.78 is 27.1. The normalized spacial score (nSPS) is 18.5. The van der Waals surface area contributed by atoms with Crippen LogP contribution in [0, 0.1) is 6.92 Å². The molecule has 0 aliphatic carbocycles. The molecule has 2 aromatic rings. The lowest BCUT2D eigenvalue weighted by atomic mass is 10.0. The van der Waals surface area contributed by atoms with Crippen LogP contribution < -0.4 is 0 Å². The van der Waals surface area contributed by atoms with E-state index in [0.29, 0.717) is 12.0 Å². The molecule has 0 N–H and O–H groups in total. The SMILES string of the molecule is Cc1ccc(S(=O)(=O)C(C(=O)c2ccccc2)C2CCC(=O)N2C(C)C)cc1. The molecular formula is C22H25NO4S. The molecule has 0 saturated carbocycles. The van der Waals surface area contributed by atoms with Gasteiger partial charge in [-0.25, -0.2) is 8.42 Å². The van der Waals surface area contributed by atoms with E-state index < -0.39 is 26.9 Å². The van der Waals surface area contributed by atoms with Crippen molar-refractivity contribution in [3.63, 3.8) is 0 Å². The van der Waals surface area contributed by atoms with Gasteiger partial charge in [0.15, 0.2) is 15.6 Å². The number of nitrogens with zero attached hydrogens (tertiary/aromatic N) is 1. The summed E-state index contributed by atoms with van der Waals surface area (Å²) in [5.41, 5.74) is 1.27. The molecule has 2 aromatic carbocycles. The minimum Gasteiger partial charge on any atom is -0.335 e. The molecule has 28 heavy (non-hydrogen) atoms. The number of likely N-dealkylation sites (tertiary alicyclic amines) is 1. The summed E-state index contributed by atoms with van der Waals surface area (Å²) in [7, 11) is -3.98. The lowest BCUT2D eigenvalue weighted by Gasteiger charge is -2.33. The van der Waals surface area contributed by atoms with Crippen molar-refractivity contribution in [2.45, 2.75) is 55.8 Å². The Morgan fingerprint density at radius 2 is 1.64 bits per heavy atom. The van der Waals surface area contributed by atoms with Crippen molar-refractivity contribution in [1.29, 1.82) is 0 Å². The summed E-state index contributed by atoms with van der Waals surface area (Å²) in [5.74, 6) is -0.573. The van der Waals surface area contributed by atoms with Gasteiger partial charge < -0.3 is 4.90 Å². The van der Waals surface area contributed by atoms with Gasteiger partial charge in [-0.1, -0.05) is 48.0 Å². The molecule has 1 aliphatic rings. The molecule has 1 heterocycles. The smallest absolute Gasteiger partial charge is 0.223 e. The van der Waals surface area contributed by atoms with Gasteiger partial charge in [0.1, 0.15) is 5.25 Å². The van der Waals surface area contributed by atoms with Crippen LogP contribution in [0.2, 0.25) is 0 Å². The van der Waals surface area contributed by atoms with Gasteiger partial charge >= 0.3 is 0 Å². The maximum absolute atomic E-state index is 13.6. The topological polar surface area (TPSA) is 71.5 Å². The predicted molar refractivity (Wildman–Crippen MR) is 108 cm³/mol. The number of amides is 1. The first kappa shape index (κ1) is 20.3. The van der Waals surface area contributed by atoms with Crippen molar-refractivity contribution in [3.05, 3.63) is 65.7 Å². The number of carbonyl (C=O) groups is 2. The molecule has 2 unspecified atom stereocenters. The molecule has 0 spiro atoms. The van der Waals surface area contributed by atoms with Crippen LogP contribution in [0.1, 0.15) is 42.6 Å². The van der Waals surface area contributed by atoms with Crippen molar-refractivity contribution in [2.75, 3.05) is 0 Å². The van der Waals surface area contributed by atoms with E-state index in [9.17, 15) is 18.0 Å². The van der Waals surface area contributed by atoms with Crippen LogP contribution in [-0.4, -0.2) is 42.3 Å². The first-order valence-corrected chi connectivity index (χ1v) is 11.0. The van der Waals surface area contributed by atoms with Crippen LogP contribution in [0.5, 0.6) is 0 Å². The van der Waals surface area contributed by atoms with Crippen molar-refractivity contribution in [1.82, 2.24) is 4.90 Å². The number of Topliss-reactive ketones (excluding diaryl/α,β-unsaturated/α-hetero) is 1. The zero-order chi connectivity index (χ0) is 20.5. The summed E-state index contributed by atoms with van der Waals surface area (Å²) in [5, 5.41) is -1.33. The predicted octanol–water partition coefficient (Wildman–Crippen LogP) is 3.42. The standard InChI is InChI=1S/C22H25NO4S/c1-15(2)23-19(13-14-20(23)24)22(21(25)17-7-5-4-6-8-17)28(26,27)18-11-9-16(3)10-12-18/h4-12,15,19,22H,13-14H2,1-3H3. The van der Waals surface area contributed by atoms with Crippen LogP contribution >= 0.6 is 0 Å². The molecule has 1 saturated heterocycles. The zero-order valence-corrected chi connectivity index (χ0v) is 17.1. The highest BCUT2D eigenvalue weighted by Gasteiger charge is 2.48. The van der Waals surface area contributed by atoms with Crippen LogP contribution in [-0.2, 0) is 14.6 Å². The van der Waals surface area contributed by atoms with Gasteiger partial charge in [-0.05, 0) is 39.3 Å². The van der Waals surface area contributed by atoms with Crippen LogP contribution in [0.3, 0.4) is 0 Å². The molecule has 1 aliphatic heterocycles. The third-order valence-electron chi connectivity index (χ3n) is 5.21. The molecule has 2 atom stereocenters. The summed E-state index contributed by atoms with van der Waals surface area (Å²) >= 11 is 0. The number of benzene rings is 2. The number of ketones is 1. The maximum atomic E-state index is 13.6. The monoisotopic (exact) mass is 399 g/mol. The quantitative estimate of drug-likeness (QED) is 0.698. The third kappa shape index (κ3) is 3.74. The number of sulfone groups is 1. The molecule has 1 amide bonds. The van der Waals surface area contributed by atoms with Gasteiger partial charge in [-0.2, -0.15) is 0 Å². The van der Waals surface area contributed by atoms with E-state index in [1.54, 1.807) is 47.4 Å². The average molecular weight is 400 g/mol. The van der Waals surface area contributed by atoms with E-state index >= 15 is 0 Å². The third-order valence-corrected chi connectivity index (χ3v) is 7.33. The van der Waals surface area contributed by atoms with Crippen LogP contribution in [0.4, 0.5) is 0 Å². The zero-order valence-electron chi connectivity index (χ0n) is 16.3. The first-order valence-electron chi connectivity index (χ1n) is 9.44. The minimum atomic E-state index is -3.98. The lowest BCUT2D eigenvalue weighted by Crippen LogP contribution is -2.51. The average Bonchev–Trinajstić information content (AvgIpc) is 3.04. The number of aryl methyl sites for hydroxylation is 1. The summed E-state index contributed by atoms with van der Waals surface area (Å²) in [4.78, 5) is 27.5. The van der Waals surface area contributed by atoms with Gasteiger partial charge in [0.2, 0.25) is 5.91 Å². The van der Waals surface area contributed by atoms with Gasteiger partial charge in [0.05, 0.1) is 10.9 Å². The van der Waals surface area contributed by atoms with Crippen molar-refractivity contribution in [3.8, 4) is 0 Å². The van der Waals surface area contributed by atoms with Gasteiger partial charge in [-0.3, -0.25) is 9.59 Å². The van der Waals surface area contributed by atoms with E-state index in [-0.39, 0.29) is 23.3 Å². The fraction of sp³-hybridized carbons (Fsp3) is 0.364.